The van der Waals surface area contributed by atoms with Crippen molar-refractivity contribution in [2.45, 2.75) is 40.2 Å². The second-order valence-corrected chi connectivity index (χ2v) is 6.28. The number of nitrogens with one attached hydrogen (secondary N) is 1. The van der Waals surface area contributed by atoms with Crippen LogP contribution in [0.5, 0.6) is 0 Å². The largest absolute Gasteiger partial charge is 0.312 e. The monoisotopic (exact) mass is 260 g/mol. The van der Waals surface area contributed by atoms with Crippen LogP contribution in [-0.4, -0.2) is 31.6 Å². The Morgan fingerprint density at radius 3 is 2.53 bits per heavy atom. The summed E-state index contributed by atoms with van der Waals surface area (Å²) in [5.41, 5.74) is 5.69. The Labute approximate surface area is 118 Å². The average Bonchev–Trinajstić information content (AvgIpc) is 2.32. The number of benzene rings is 1. The smallest absolute Gasteiger partial charge is 0.0210 e. The average molecular weight is 260 g/mol. The Balaban J connectivity index is 1.85. The molecule has 1 unspecified atom stereocenters. The van der Waals surface area contributed by atoms with Gasteiger partial charge >= 0.3 is 0 Å². The Morgan fingerprint density at radius 1 is 1.21 bits per heavy atom. The van der Waals surface area contributed by atoms with E-state index >= 15 is 0 Å². The number of hydrogen-bond donors (Lipinski definition) is 1. The first kappa shape index (κ1) is 14.5. The molecule has 0 amide bonds. The molecule has 0 radical (unpaired) electrons. The number of nitrogens with zero attached hydrogens (tertiary/aromatic N) is 1. The van der Waals surface area contributed by atoms with Crippen molar-refractivity contribution in [2.24, 2.45) is 5.92 Å². The molecule has 1 atom stereocenters. The van der Waals surface area contributed by atoms with Crippen molar-refractivity contribution >= 4 is 0 Å². The van der Waals surface area contributed by atoms with E-state index in [4.69, 9.17) is 0 Å². The molecule has 1 heterocycles. The Kier molecular flexibility index (Phi) is 5.00. The zero-order valence-corrected chi connectivity index (χ0v) is 12.9. The fourth-order valence-corrected chi connectivity index (χ4v) is 3.33. The molecule has 1 aliphatic rings. The Morgan fingerprint density at radius 2 is 1.89 bits per heavy atom. The van der Waals surface area contributed by atoms with Gasteiger partial charge < -0.3 is 10.2 Å². The number of hydrogen-bond acceptors (Lipinski definition) is 2. The van der Waals surface area contributed by atoms with Crippen LogP contribution in [0, 0.1) is 26.7 Å². The van der Waals surface area contributed by atoms with E-state index in [1.807, 2.05) is 0 Å². The minimum absolute atomic E-state index is 0.824. The highest BCUT2D eigenvalue weighted by Gasteiger charge is 2.16. The minimum Gasteiger partial charge on any atom is -0.312 e. The highest BCUT2D eigenvalue weighted by Crippen LogP contribution is 2.17. The van der Waals surface area contributed by atoms with Gasteiger partial charge in [0.25, 0.3) is 0 Å². The molecule has 2 rings (SSSR count). The summed E-state index contributed by atoms with van der Waals surface area (Å²) in [5.74, 6) is 0.824. The molecule has 19 heavy (non-hydrogen) atoms. The van der Waals surface area contributed by atoms with E-state index in [0.717, 1.165) is 19.0 Å². The standard InChI is InChI=1S/C17H28N2/c1-13-8-14(2)17(15(3)9-13)11-18-10-16-6-5-7-19(4)12-16/h8-9,16,18H,5-7,10-12H2,1-4H3. The van der Waals surface area contributed by atoms with Crippen LogP contribution in [0.1, 0.15) is 35.1 Å². The van der Waals surface area contributed by atoms with Crippen molar-refractivity contribution in [3.05, 3.63) is 34.4 Å². The summed E-state index contributed by atoms with van der Waals surface area (Å²) in [7, 11) is 2.24. The molecule has 0 bridgehead atoms. The van der Waals surface area contributed by atoms with E-state index in [-0.39, 0.29) is 0 Å². The third-order valence-corrected chi connectivity index (χ3v) is 4.30. The molecule has 1 fully saturated rings. The highest BCUT2D eigenvalue weighted by atomic mass is 15.1. The number of likely N-dealkylation sites (tertiary alicyclic amines) is 1. The summed E-state index contributed by atoms with van der Waals surface area (Å²) >= 11 is 0. The maximum absolute atomic E-state index is 3.67. The van der Waals surface area contributed by atoms with Gasteiger partial charge in [-0.1, -0.05) is 17.7 Å². The maximum Gasteiger partial charge on any atom is 0.0210 e. The normalized spacial score (nSPS) is 20.7. The summed E-state index contributed by atoms with van der Waals surface area (Å²) in [6.07, 6.45) is 2.73. The molecule has 1 aromatic rings. The second-order valence-electron chi connectivity index (χ2n) is 6.28. The molecule has 0 saturated carbocycles. The molecule has 0 aliphatic carbocycles. The molecular formula is C17H28N2. The van der Waals surface area contributed by atoms with Gasteiger partial charge in [0.1, 0.15) is 0 Å². The van der Waals surface area contributed by atoms with Gasteiger partial charge in [-0.15, -0.1) is 0 Å². The van der Waals surface area contributed by atoms with Crippen LogP contribution in [-0.2, 0) is 6.54 Å². The summed E-state index contributed by atoms with van der Waals surface area (Å²) in [4.78, 5) is 2.46. The third-order valence-electron chi connectivity index (χ3n) is 4.30. The number of rotatable bonds is 4. The molecule has 106 valence electrons. The van der Waals surface area contributed by atoms with Crippen LogP contribution in [0.4, 0.5) is 0 Å². The zero-order chi connectivity index (χ0) is 13.8. The second kappa shape index (κ2) is 6.53. The molecule has 0 aromatic heterocycles. The summed E-state index contributed by atoms with van der Waals surface area (Å²) in [5, 5.41) is 3.67. The van der Waals surface area contributed by atoms with Crippen molar-refractivity contribution < 1.29 is 0 Å². The van der Waals surface area contributed by atoms with Crippen molar-refractivity contribution in [1.29, 1.82) is 0 Å². The van der Waals surface area contributed by atoms with Crippen molar-refractivity contribution in [1.82, 2.24) is 10.2 Å². The van der Waals surface area contributed by atoms with Crippen molar-refractivity contribution in [2.75, 3.05) is 26.7 Å². The zero-order valence-electron chi connectivity index (χ0n) is 12.9. The Bertz CT molecular complexity index is 402. The van der Waals surface area contributed by atoms with Gasteiger partial charge in [-0.2, -0.15) is 0 Å². The van der Waals surface area contributed by atoms with Gasteiger partial charge in [0.15, 0.2) is 0 Å². The van der Waals surface area contributed by atoms with E-state index in [2.05, 4.69) is 50.2 Å². The predicted octanol–water partition coefficient (Wildman–Crippen LogP) is 3.04. The molecular weight excluding hydrogens is 232 g/mol. The summed E-state index contributed by atoms with van der Waals surface area (Å²) < 4.78 is 0. The van der Waals surface area contributed by atoms with Crippen molar-refractivity contribution in [3.8, 4) is 0 Å². The van der Waals surface area contributed by atoms with Gasteiger partial charge in [-0.25, -0.2) is 0 Å². The topological polar surface area (TPSA) is 15.3 Å². The van der Waals surface area contributed by atoms with E-state index in [9.17, 15) is 0 Å². The first-order chi connectivity index (χ1) is 9.06. The van der Waals surface area contributed by atoms with Gasteiger partial charge in [-0.3, -0.25) is 0 Å². The Hall–Kier alpha value is -0.860. The summed E-state index contributed by atoms with van der Waals surface area (Å²) in [6, 6.07) is 4.58. The molecule has 0 spiro atoms. The van der Waals surface area contributed by atoms with Crippen LogP contribution in [0.15, 0.2) is 12.1 Å². The van der Waals surface area contributed by atoms with Gasteiger partial charge in [0.05, 0.1) is 0 Å². The highest BCUT2D eigenvalue weighted by molar-refractivity contribution is 5.37. The van der Waals surface area contributed by atoms with Crippen LogP contribution in [0.25, 0.3) is 0 Å². The summed E-state index contributed by atoms with van der Waals surface area (Å²) in [6.45, 7) is 11.3. The van der Waals surface area contributed by atoms with E-state index in [1.54, 1.807) is 0 Å². The van der Waals surface area contributed by atoms with Gasteiger partial charge in [0.2, 0.25) is 0 Å². The lowest BCUT2D eigenvalue weighted by atomic mass is 9.97. The number of aryl methyl sites for hydroxylation is 3. The first-order valence-corrected chi connectivity index (χ1v) is 7.52. The molecule has 2 heteroatoms. The molecule has 2 nitrogen and oxygen atoms in total. The maximum atomic E-state index is 3.67. The minimum atomic E-state index is 0.824. The fourth-order valence-electron chi connectivity index (χ4n) is 3.33. The lowest BCUT2D eigenvalue weighted by Gasteiger charge is -2.30. The number of piperidine rings is 1. The van der Waals surface area contributed by atoms with Crippen LogP contribution < -0.4 is 5.32 Å². The van der Waals surface area contributed by atoms with Crippen molar-refractivity contribution in [3.63, 3.8) is 0 Å². The fraction of sp³-hybridized carbons (Fsp3) is 0.647. The molecule has 1 saturated heterocycles. The van der Waals surface area contributed by atoms with E-state index < -0.39 is 0 Å². The quantitative estimate of drug-likeness (QED) is 0.895. The van der Waals surface area contributed by atoms with E-state index in [0.29, 0.717) is 0 Å². The van der Waals surface area contributed by atoms with E-state index in [1.165, 1.54) is 48.2 Å². The third kappa shape index (κ3) is 4.05. The molecule has 1 aliphatic heterocycles. The lowest BCUT2D eigenvalue weighted by molar-refractivity contribution is 0.206. The van der Waals surface area contributed by atoms with Crippen LogP contribution in [0.3, 0.4) is 0 Å². The van der Waals surface area contributed by atoms with Crippen LogP contribution >= 0.6 is 0 Å². The lowest BCUT2D eigenvalue weighted by Crippen LogP contribution is -2.37. The SMILES string of the molecule is Cc1cc(C)c(CNCC2CCCN(C)C2)c(C)c1. The van der Waals surface area contributed by atoms with Gasteiger partial charge in [0, 0.05) is 13.1 Å². The first-order valence-electron chi connectivity index (χ1n) is 7.52. The molecule has 1 N–H and O–H groups in total. The van der Waals surface area contributed by atoms with Gasteiger partial charge in [-0.05, 0) is 76.4 Å². The predicted molar refractivity (Wildman–Crippen MR) is 82.6 cm³/mol. The molecule has 1 aromatic carbocycles. The van der Waals surface area contributed by atoms with Crippen LogP contribution in [0.2, 0.25) is 0 Å².